The average Bonchev–Trinajstić information content (AvgIpc) is 3.47. The van der Waals surface area contributed by atoms with Crippen LogP contribution in [-0.2, 0) is 17.1 Å². The van der Waals surface area contributed by atoms with Gasteiger partial charge < -0.3 is 23.1 Å². The average molecular weight is 502 g/mol. The van der Waals surface area contributed by atoms with E-state index in [2.05, 4.69) is 4.57 Å². The highest BCUT2D eigenvalue weighted by molar-refractivity contribution is 7.93. The number of ether oxygens (including phenoxy) is 2. The molecule has 7 nitrogen and oxygen atoms in total. The molecule has 9 heteroatoms. The number of benzene rings is 1. The number of methoxy groups -OCH3 is 1. The molecule has 0 bridgehead atoms. The molecule has 0 aliphatic carbocycles. The van der Waals surface area contributed by atoms with Crippen LogP contribution >= 0.6 is 23.4 Å². The van der Waals surface area contributed by atoms with Crippen molar-refractivity contribution in [3.8, 4) is 33.3 Å². The Kier molecular flexibility index (Phi) is 7.25. The van der Waals surface area contributed by atoms with E-state index in [1.807, 2.05) is 63.7 Å². The molecule has 2 aromatic heterocycles. The van der Waals surface area contributed by atoms with Crippen molar-refractivity contribution >= 4 is 29.3 Å². The van der Waals surface area contributed by atoms with Crippen LogP contribution in [0, 0.1) is 0 Å². The van der Waals surface area contributed by atoms with Crippen molar-refractivity contribution in [1.82, 2.24) is 14.5 Å². The minimum Gasteiger partial charge on any atom is -0.493 e. The zero-order valence-corrected chi connectivity index (χ0v) is 22.1. The largest absolute Gasteiger partial charge is 0.493 e. The van der Waals surface area contributed by atoms with Gasteiger partial charge in [0.15, 0.2) is 17.3 Å². The van der Waals surface area contributed by atoms with Crippen LogP contribution in [0.1, 0.15) is 37.0 Å². The molecule has 3 heterocycles. The highest BCUT2D eigenvalue weighted by Gasteiger charge is 2.33. The Labute approximate surface area is 209 Å². The summed E-state index contributed by atoms with van der Waals surface area (Å²) in [6, 6.07) is 8.10. The van der Waals surface area contributed by atoms with E-state index in [0.29, 0.717) is 37.1 Å². The zero-order valence-electron chi connectivity index (χ0n) is 20.5. The second kappa shape index (κ2) is 10.0. The lowest BCUT2D eigenvalue weighted by Gasteiger charge is -2.32. The Morgan fingerprint density at radius 3 is 2.71 bits per heavy atom. The second-order valence-corrected chi connectivity index (χ2v) is 10.6. The number of nitrogens with zero attached hydrogens (tertiary/aromatic N) is 3. The number of imidazole rings is 1. The van der Waals surface area contributed by atoms with Gasteiger partial charge in [0.05, 0.1) is 24.3 Å². The Bertz CT molecular complexity index is 1170. The van der Waals surface area contributed by atoms with E-state index in [4.69, 9.17) is 18.6 Å². The molecule has 1 aromatic carbocycles. The van der Waals surface area contributed by atoms with Gasteiger partial charge in [-0.1, -0.05) is 6.07 Å². The van der Waals surface area contributed by atoms with E-state index in [-0.39, 0.29) is 11.4 Å². The molecule has 1 aliphatic heterocycles. The molecule has 1 amide bonds. The van der Waals surface area contributed by atoms with E-state index in [9.17, 15) is 4.79 Å². The van der Waals surface area contributed by atoms with Crippen molar-refractivity contribution in [2.75, 3.05) is 33.6 Å². The topological polar surface area (TPSA) is 65.8 Å². The van der Waals surface area contributed by atoms with Crippen LogP contribution in [0.3, 0.4) is 0 Å². The van der Waals surface area contributed by atoms with E-state index in [1.165, 1.54) is 12.0 Å². The summed E-state index contributed by atoms with van der Waals surface area (Å²) >= 11 is 2.93. The maximum absolute atomic E-state index is 13.5. The molecule has 0 atom stereocenters. The predicted molar refractivity (Wildman–Crippen MR) is 138 cm³/mol. The number of hydrogen-bond donors (Lipinski definition) is 0. The summed E-state index contributed by atoms with van der Waals surface area (Å²) in [6.45, 7) is 7.63. The standard InChI is InChI=1S/C25H31N3O4S2/c1-25(2,3)27(4)24(29)23-26-21(20-8-7-13-34-20)22-17-15-19(31-11-12-32-33-6)18(30-5)14-16(17)9-10-28(22)23/h7-8,13-15H,9-12H2,1-6H3. The van der Waals surface area contributed by atoms with Gasteiger partial charge >= 0.3 is 0 Å². The van der Waals surface area contributed by atoms with E-state index >= 15 is 0 Å². The highest BCUT2D eigenvalue weighted by atomic mass is 32.2. The van der Waals surface area contributed by atoms with Crippen LogP contribution in [-0.4, -0.2) is 59.5 Å². The smallest absolute Gasteiger partial charge is 0.290 e. The summed E-state index contributed by atoms with van der Waals surface area (Å²) in [6.07, 6.45) is 2.65. The number of thiophene rings is 1. The van der Waals surface area contributed by atoms with Gasteiger partial charge in [-0.05, 0) is 68.4 Å². The molecule has 3 aromatic rings. The van der Waals surface area contributed by atoms with Crippen LogP contribution < -0.4 is 9.47 Å². The number of aryl methyl sites for hydroxylation is 1. The molecule has 34 heavy (non-hydrogen) atoms. The summed E-state index contributed by atoms with van der Waals surface area (Å²) in [5.74, 6) is 1.72. The van der Waals surface area contributed by atoms with Gasteiger partial charge in [-0.15, -0.1) is 11.3 Å². The van der Waals surface area contributed by atoms with Gasteiger partial charge in [-0.3, -0.25) is 4.79 Å². The summed E-state index contributed by atoms with van der Waals surface area (Å²) in [4.78, 5) is 21.2. The molecule has 0 spiro atoms. The van der Waals surface area contributed by atoms with Gasteiger partial charge in [-0.25, -0.2) is 4.98 Å². The monoisotopic (exact) mass is 501 g/mol. The quantitative estimate of drug-likeness (QED) is 0.305. The fraction of sp³-hybridized carbons (Fsp3) is 0.440. The Balaban J connectivity index is 1.84. The third kappa shape index (κ3) is 4.69. The number of hydrogen-bond acceptors (Lipinski definition) is 7. The van der Waals surface area contributed by atoms with Crippen LogP contribution in [0.25, 0.3) is 21.8 Å². The summed E-state index contributed by atoms with van der Waals surface area (Å²) in [5, 5.41) is 2.03. The number of aromatic nitrogens is 2. The maximum atomic E-state index is 13.5. The van der Waals surface area contributed by atoms with Crippen molar-refractivity contribution in [2.45, 2.75) is 39.3 Å². The second-order valence-electron chi connectivity index (χ2n) is 9.04. The van der Waals surface area contributed by atoms with E-state index in [1.54, 1.807) is 23.3 Å². The molecule has 0 unspecified atom stereocenters. The normalized spacial score (nSPS) is 12.8. The van der Waals surface area contributed by atoms with Gasteiger partial charge in [0.25, 0.3) is 5.91 Å². The molecule has 4 rings (SSSR count). The summed E-state index contributed by atoms with van der Waals surface area (Å²) in [7, 11) is 3.48. The first-order valence-corrected chi connectivity index (χ1v) is 13.2. The maximum Gasteiger partial charge on any atom is 0.290 e. The Morgan fingerprint density at radius 2 is 2.06 bits per heavy atom. The lowest BCUT2D eigenvalue weighted by molar-refractivity contribution is 0.0638. The first kappa shape index (κ1) is 24.6. The van der Waals surface area contributed by atoms with Crippen LogP contribution in [0.2, 0.25) is 0 Å². The number of rotatable bonds is 8. The lowest BCUT2D eigenvalue weighted by atomic mass is 9.96. The van der Waals surface area contributed by atoms with Gasteiger partial charge in [-0.2, -0.15) is 0 Å². The van der Waals surface area contributed by atoms with Crippen LogP contribution in [0.4, 0.5) is 0 Å². The number of fused-ring (bicyclic) bond motifs is 3. The molecular weight excluding hydrogens is 470 g/mol. The van der Waals surface area contributed by atoms with Gasteiger partial charge in [0.2, 0.25) is 0 Å². The van der Waals surface area contributed by atoms with Gasteiger partial charge in [0.1, 0.15) is 12.3 Å². The molecule has 0 saturated heterocycles. The predicted octanol–water partition coefficient (Wildman–Crippen LogP) is 5.39. The highest BCUT2D eigenvalue weighted by Crippen LogP contribution is 2.44. The summed E-state index contributed by atoms with van der Waals surface area (Å²) < 4.78 is 19.0. The minimum absolute atomic E-state index is 0.0841. The molecule has 0 fully saturated rings. The van der Waals surface area contributed by atoms with E-state index in [0.717, 1.165) is 33.8 Å². The summed E-state index contributed by atoms with van der Waals surface area (Å²) in [5.41, 5.74) is 3.62. The Morgan fingerprint density at radius 1 is 1.26 bits per heavy atom. The molecule has 1 aliphatic rings. The number of carbonyl (C=O) groups excluding carboxylic acids is 1. The van der Waals surface area contributed by atoms with Crippen molar-refractivity contribution in [3.05, 3.63) is 41.0 Å². The fourth-order valence-corrected chi connectivity index (χ4v) is 4.90. The third-order valence-electron chi connectivity index (χ3n) is 6.02. The van der Waals surface area contributed by atoms with Gasteiger partial charge in [0, 0.05) is 31.0 Å². The number of amides is 1. The van der Waals surface area contributed by atoms with Crippen molar-refractivity contribution in [2.24, 2.45) is 0 Å². The molecule has 0 saturated carbocycles. The molecular formula is C25H31N3O4S2. The van der Waals surface area contributed by atoms with Crippen molar-refractivity contribution in [1.29, 1.82) is 0 Å². The van der Waals surface area contributed by atoms with Crippen LogP contribution in [0.15, 0.2) is 29.6 Å². The first-order chi connectivity index (χ1) is 16.3. The third-order valence-corrected chi connectivity index (χ3v) is 7.29. The lowest BCUT2D eigenvalue weighted by Crippen LogP contribution is -2.43. The molecule has 0 N–H and O–H groups in total. The zero-order chi connectivity index (χ0) is 24.5. The fourth-order valence-electron chi connectivity index (χ4n) is 3.95. The molecule has 182 valence electrons. The SMILES string of the molecule is COc1cc2c(cc1OCCOSC)-c1c(-c3cccs3)nc(C(=O)N(C)C(C)(C)C)n1CC2. The van der Waals surface area contributed by atoms with Crippen molar-refractivity contribution in [3.63, 3.8) is 0 Å². The number of carbonyl (C=O) groups is 1. The van der Waals surface area contributed by atoms with Crippen LogP contribution in [0.5, 0.6) is 11.5 Å². The Hall–Kier alpha value is -2.49. The van der Waals surface area contributed by atoms with Crippen molar-refractivity contribution < 1.29 is 18.5 Å². The van der Waals surface area contributed by atoms with E-state index < -0.39 is 0 Å². The first-order valence-electron chi connectivity index (χ1n) is 11.2. The minimum atomic E-state index is -0.313. The molecule has 0 radical (unpaired) electrons.